The van der Waals surface area contributed by atoms with Gasteiger partial charge in [0.15, 0.2) is 5.78 Å². The number of fused-ring (bicyclic) bond motifs is 1. The van der Waals surface area contributed by atoms with E-state index in [1.165, 1.54) is 17.5 Å². The Balaban J connectivity index is 1.48. The van der Waals surface area contributed by atoms with E-state index >= 15 is 0 Å². The van der Waals surface area contributed by atoms with Gasteiger partial charge in [-0.25, -0.2) is 4.79 Å². The topological polar surface area (TPSA) is 52.6 Å². The van der Waals surface area contributed by atoms with Crippen LogP contribution in [0.3, 0.4) is 0 Å². The van der Waals surface area contributed by atoms with Crippen LogP contribution >= 0.6 is 0 Å². The number of carbonyl (C=O) groups excluding carboxylic acids is 2. The Morgan fingerprint density at radius 1 is 0.756 bits per heavy atom. The maximum atomic E-state index is 13.2. The van der Waals surface area contributed by atoms with Gasteiger partial charge in [-0.15, -0.1) is 0 Å². The maximum Gasteiger partial charge on any atom is 0.343 e. The molecule has 0 saturated heterocycles. The van der Waals surface area contributed by atoms with Crippen LogP contribution in [0.5, 0.6) is 11.5 Å². The second-order valence-electron chi connectivity index (χ2n) is 12.8. The van der Waals surface area contributed by atoms with Crippen molar-refractivity contribution in [3.05, 3.63) is 106 Å². The molecule has 0 aromatic heterocycles. The third-order valence-corrected chi connectivity index (χ3v) is 8.74. The van der Waals surface area contributed by atoms with Crippen molar-refractivity contribution in [2.24, 2.45) is 11.3 Å². The molecule has 0 amide bonds. The summed E-state index contributed by atoms with van der Waals surface area (Å²) in [6.45, 7) is 12.8. The van der Waals surface area contributed by atoms with Gasteiger partial charge < -0.3 is 9.47 Å². The summed E-state index contributed by atoms with van der Waals surface area (Å²) in [7, 11) is 1.72. The van der Waals surface area contributed by atoms with Crippen LogP contribution in [0.4, 0.5) is 0 Å². The molecule has 41 heavy (non-hydrogen) atoms. The van der Waals surface area contributed by atoms with Gasteiger partial charge in [0.1, 0.15) is 11.5 Å². The second kappa shape index (κ2) is 10.8. The average molecular weight is 549 g/mol. The summed E-state index contributed by atoms with van der Waals surface area (Å²) in [5.41, 5.74) is 5.80. The Bertz CT molecular complexity index is 1650. The molecule has 2 atom stereocenters. The highest BCUT2D eigenvalue weighted by atomic mass is 16.5. The molecule has 1 saturated carbocycles. The number of ether oxygens (including phenoxy) is 2. The standard InChI is InChI=1S/C37H40O4/c1-23-20-36(5,6)22-37(21-23,31-12-14-33(40-7)24(2)16-31)32-13-15-34(25(3)17-32)41-35(39)30-11-10-28-18-27(26(4)38)8-9-29(28)19-30/h8-19,23H,20-22H2,1-7H3. The Morgan fingerprint density at radius 2 is 1.32 bits per heavy atom. The van der Waals surface area contributed by atoms with Gasteiger partial charge in [-0.05, 0) is 115 Å². The molecule has 0 heterocycles. The van der Waals surface area contributed by atoms with Gasteiger partial charge in [-0.3, -0.25) is 4.79 Å². The molecule has 0 radical (unpaired) electrons. The lowest BCUT2D eigenvalue weighted by atomic mass is 9.55. The van der Waals surface area contributed by atoms with E-state index in [-0.39, 0.29) is 16.6 Å². The molecule has 1 aliphatic rings. The highest BCUT2D eigenvalue weighted by Crippen LogP contribution is 2.54. The van der Waals surface area contributed by atoms with Crippen LogP contribution in [0.1, 0.15) is 89.9 Å². The minimum atomic E-state index is -0.397. The van der Waals surface area contributed by atoms with Gasteiger partial charge >= 0.3 is 5.97 Å². The van der Waals surface area contributed by atoms with Gasteiger partial charge in [0.25, 0.3) is 0 Å². The van der Waals surface area contributed by atoms with E-state index in [4.69, 9.17) is 9.47 Å². The van der Waals surface area contributed by atoms with Crippen molar-refractivity contribution in [2.45, 2.75) is 66.2 Å². The van der Waals surface area contributed by atoms with Crippen LogP contribution in [0.25, 0.3) is 10.8 Å². The highest BCUT2D eigenvalue weighted by Gasteiger charge is 2.45. The van der Waals surface area contributed by atoms with Crippen LogP contribution in [-0.4, -0.2) is 18.9 Å². The molecule has 1 fully saturated rings. The summed E-state index contributed by atoms with van der Waals surface area (Å²) >= 11 is 0. The molecule has 212 valence electrons. The van der Waals surface area contributed by atoms with Gasteiger partial charge in [-0.1, -0.05) is 63.2 Å². The molecule has 0 N–H and O–H groups in total. The number of aryl methyl sites for hydroxylation is 2. The Kier molecular flexibility index (Phi) is 7.54. The van der Waals surface area contributed by atoms with Crippen molar-refractivity contribution >= 4 is 22.5 Å². The quantitative estimate of drug-likeness (QED) is 0.137. The van der Waals surface area contributed by atoms with Gasteiger partial charge in [0.2, 0.25) is 0 Å². The van der Waals surface area contributed by atoms with Crippen molar-refractivity contribution in [1.29, 1.82) is 0 Å². The lowest BCUT2D eigenvalue weighted by Crippen LogP contribution is -2.41. The lowest BCUT2D eigenvalue weighted by Gasteiger charge is -2.49. The number of benzene rings is 4. The van der Waals surface area contributed by atoms with Crippen molar-refractivity contribution in [1.82, 2.24) is 0 Å². The molecular formula is C37H40O4. The predicted octanol–water partition coefficient (Wildman–Crippen LogP) is 9.02. The summed E-state index contributed by atoms with van der Waals surface area (Å²) in [5, 5.41) is 1.81. The molecule has 0 aliphatic heterocycles. The smallest absolute Gasteiger partial charge is 0.343 e. The molecular weight excluding hydrogens is 508 g/mol. The minimum absolute atomic E-state index is 0.0180. The maximum absolute atomic E-state index is 13.2. The van der Waals surface area contributed by atoms with Crippen molar-refractivity contribution in [3.63, 3.8) is 0 Å². The normalized spacial score (nSPS) is 20.0. The lowest BCUT2D eigenvalue weighted by molar-refractivity contribution is 0.0733. The Hall–Kier alpha value is -3.92. The fraction of sp³-hybridized carbons (Fsp3) is 0.351. The van der Waals surface area contributed by atoms with Gasteiger partial charge in [-0.2, -0.15) is 0 Å². The number of carbonyl (C=O) groups is 2. The van der Waals surface area contributed by atoms with Crippen LogP contribution in [0.2, 0.25) is 0 Å². The summed E-state index contributed by atoms with van der Waals surface area (Å²) in [6, 6.07) is 23.8. The number of esters is 1. The molecule has 0 spiro atoms. The molecule has 4 aromatic carbocycles. The van der Waals surface area contributed by atoms with Crippen LogP contribution in [0.15, 0.2) is 72.8 Å². The number of ketones is 1. The molecule has 2 unspecified atom stereocenters. The Morgan fingerprint density at radius 3 is 1.85 bits per heavy atom. The largest absolute Gasteiger partial charge is 0.496 e. The molecule has 5 rings (SSSR count). The summed E-state index contributed by atoms with van der Waals surface area (Å²) in [6.07, 6.45) is 3.29. The third kappa shape index (κ3) is 5.66. The van der Waals surface area contributed by atoms with E-state index in [0.717, 1.165) is 40.5 Å². The van der Waals surface area contributed by atoms with Crippen molar-refractivity contribution in [3.8, 4) is 11.5 Å². The van der Waals surface area contributed by atoms with E-state index in [1.807, 2.05) is 37.3 Å². The number of Topliss-reactive ketones (excluding diaryl/α,β-unsaturated/α-hetero) is 1. The average Bonchev–Trinajstić information content (AvgIpc) is 2.92. The molecule has 0 bridgehead atoms. The van der Waals surface area contributed by atoms with E-state index in [9.17, 15) is 9.59 Å². The molecule has 1 aliphatic carbocycles. The Labute approximate surface area is 243 Å². The van der Waals surface area contributed by atoms with Crippen LogP contribution in [-0.2, 0) is 5.41 Å². The fourth-order valence-electron chi connectivity index (χ4n) is 7.17. The predicted molar refractivity (Wildman–Crippen MR) is 165 cm³/mol. The first-order chi connectivity index (χ1) is 19.4. The second-order valence-corrected chi connectivity index (χ2v) is 12.8. The van der Waals surface area contributed by atoms with Crippen LogP contribution < -0.4 is 9.47 Å². The van der Waals surface area contributed by atoms with Gasteiger partial charge in [0.05, 0.1) is 12.7 Å². The zero-order valence-electron chi connectivity index (χ0n) is 25.3. The highest BCUT2D eigenvalue weighted by molar-refractivity contribution is 6.01. The summed E-state index contributed by atoms with van der Waals surface area (Å²) < 4.78 is 11.5. The third-order valence-electron chi connectivity index (χ3n) is 8.74. The first-order valence-electron chi connectivity index (χ1n) is 14.4. The summed E-state index contributed by atoms with van der Waals surface area (Å²) in [4.78, 5) is 24.9. The SMILES string of the molecule is COc1ccc(C2(c3ccc(OC(=O)c4ccc5cc(C(C)=O)ccc5c4)c(C)c3)CC(C)CC(C)(C)C2)cc1C. The number of rotatable bonds is 6. The fourth-order valence-corrected chi connectivity index (χ4v) is 7.17. The molecule has 4 heteroatoms. The molecule has 4 nitrogen and oxygen atoms in total. The van der Waals surface area contributed by atoms with Gasteiger partial charge in [0, 0.05) is 11.0 Å². The molecule has 4 aromatic rings. The first-order valence-corrected chi connectivity index (χ1v) is 14.4. The van der Waals surface area contributed by atoms with E-state index in [2.05, 4.69) is 58.0 Å². The first kappa shape index (κ1) is 28.6. The zero-order valence-corrected chi connectivity index (χ0v) is 25.3. The van der Waals surface area contributed by atoms with E-state index < -0.39 is 5.97 Å². The minimum Gasteiger partial charge on any atom is -0.496 e. The number of hydrogen-bond acceptors (Lipinski definition) is 4. The van der Waals surface area contributed by atoms with E-state index in [1.54, 1.807) is 26.2 Å². The zero-order chi connectivity index (χ0) is 29.5. The van der Waals surface area contributed by atoms with Crippen LogP contribution in [0, 0.1) is 25.2 Å². The number of hydrogen-bond donors (Lipinski definition) is 0. The monoisotopic (exact) mass is 548 g/mol. The summed E-state index contributed by atoms with van der Waals surface area (Å²) in [5.74, 6) is 1.66. The van der Waals surface area contributed by atoms with Crippen molar-refractivity contribution < 1.29 is 19.1 Å². The number of methoxy groups -OCH3 is 1. The van der Waals surface area contributed by atoms with Crippen molar-refractivity contribution in [2.75, 3.05) is 7.11 Å². The van der Waals surface area contributed by atoms with E-state index in [0.29, 0.717) is 22.8 Å².